The van der Waals surface area contributed by atoms with Crippen LogP contribution in [-0.2, 0) is 6.54 Å². The Balaban J connectivity index is 1.65. The lowest BCUT2D eigenvalue weighted by Gasteiger charge is -2.12. The van der Waals surface area contributed by atoms with Crippen molar-refractivity contribution in [3.8, 4) is 11.3 Å². The largest absolute Gasteiger partial charge is 0.351 e. The Bertz CT molecular complexity index is 1240. The Morgan fingerprint density at radius 1 is 0.906 bits per heavy atom. The third kappa shape index (κ3) is 4.81. The summed E-state index contributed by atoms with van der Waals surface area (Å²) in [5.74, 6) is -0.216. The first-order chi connectivity index (χ1) is 15.5. The van der Waals surface area contributed by atoms with E-state index >= 15 is 0 Å². The average molecular weight is 429 g/mol. The summed E-state index contributed by atoms with van der Waals surface area (Å²) in [6.07, 6.45) is 1.64. The molecule has 0 aliphatic heterocycles. The smallest absolute Gasteiger partial charge is 0.316 e. The molecule has 0 saturated carbocycles. The lowest BCUT2D eigenvalue weighted by molar-refractivity contribution is 0.102. The van der Waals surface area contributed by atoms with Gasteiger partial charge in [0.1, 0.15) is 17.3 Å². The summed E-state index contributed by atoms with van der Waals surface area (Å²) >= 11 is 0. The summed E-state index contributed by atoms with van der Waals surface area (Å²) < 4.78 is 15.2. The lowest BCUT2D eigenvalue weighted by Crippen LogP contribution is -2.19. The monoisotopic (exact) mass is 429 g/mol. The molecule has 32 heavy (non-hydrogen) atoms. The van der Waals surface area contributed by atoms with Gasteiger partial charge in [0, 0.05) is 16.8 Å². The maximum atomic E-state index is 13.4. The van der Waals surface area contributed by atoms with E-state index in [-0.39, 0.29) is 11.7 Å². The van der Waals surface area contributed by atoms with E-state index in [4.69, 9.17) is 5.73 Å². The third-order valence-electron chi connectivity index (χ3n) is 4.80. The number of halogens is 1. The number of imidazole rings is 1. The second-order valence-corrected chi connectivity index (χ2v) is 7.08. The highest BCUT2D eigenvalue weighted by atomic mass is 19.1. The number of nitrogens with two attached hydrogens (primary N) is 1. The third-order valence-corrected chi connectivity index (χ3v) is 4.80. The standard InChI is InChI=1S/C24H20FN5O2/c25-19-10-6-17(7-11-19)21-22(30(15-27-21)14-16-4-2-1-3-5-16)29-23(31)18-8-12-20(13-9-18)28-24(26)32/h1-13,15H,14H2,(H,29,31)(H3,26,28,32). The van der Waals surface area contributed by atoms with Crippen LogP contribution < -0.4 is 16.4 Å². The van der Waals surface area contributed by atoms with Crippen LogP contribution in [0.3, 0.4) is 0 Å². The van der Waals surface area contributed by atoms with E-state index in [1.807, 2.05) is 34.9 Å². The zero-order chi connectivity index (χ0) is 22.5. The van der Waals surface area contributed by atoms with Crippen molar-refractivity contribution in [3.63, 3.8) is 0 Å². The van der Waals surface area contributed by atoms with Gasteiger partial charge in [0.05, 0.1) is 12.9 Å². The Labute approximate surface area is 183 Å². The molecule has 0 radical (unpaired) electrons. The van der Waals surface area contributed by atoms with E-state index in [2.05, 4.69) is 15.6 Å². The molecule has 0 aliphatic rings. The minimum atomic E-state index is -0.684. The van der Waals surface area contributed by atoms with E-state index in [0.717, 1.165) is 5.56 Å². The molecule has 7 nitrogen and oxygen atoms in total. The maximum Gasteiger partial charge on any atom is 0.316 e. The summed E-state index contributed by atoms with van der Waals surface area (Å²) in [5, 5.41) is 5.38. The van der Waals surface area contributed by atoms with E-state index in [1.165, 1.54) is 12.1 Å². The van der Waals surface area contributed by atoms with Crippen molar-refractivity contribution >= 4 is 23.4 Å². The highest BCUT2D eigenvalue weighted by molar-refractivity contribution is 6.05. The van der Waals surface area contributed by atoms with Gasteiger partial charge in [-0.25, -0.2) is 14.2 Å². The lowest BCUT2D eigenvalue weighted by atomic mass is 10.1. The molecule has 4 aromatic rings. The molecular weight excluding hydrogens is 409 g/mol. The first-order valence-electron chi connectivity index (χ1n) is 9.82. The minimum Gasteiger partial charge on any atom is -0.351 e. The fourth-order valence-electron chi connectivity index (χ4n) is 3.26. The first kappa shape index (κ1) is 20.8. The van der Waals surface area contributed by atoms with Crippen LogP contribution in [0.1, 0.15) is 15.9 Å². The number of carbonyl (C=O) groups is 2. The van der Waals surface area contributed by atoms with Crippen molar-refractivity contribution in [1.29, 1.82) is 0 Å². The molecule has 1 aromatic heterocycles. The number of anilines is 2. The molecule has 0 fully saturated rings. The van der Waals surface area contributed by atoms with Crippen LogP contribution >= 0.6 is 0 Å². The van der Waals surface area contributed by atoms with Crippen LogP contribution in [0, 0.1) is 5.82 Å². The van der Waals surface area contributed by atoms with Crippen LogP contribution in [0.25, 0.3) is 11.3 Å². The SMILES string of the molecule is NC(=O)Nc1ccc(C(=O)Nc2c(-c3ccc(F)cc3)ncn2Cc2ccccc2)cc1. The van der Waals surface area contributed by atoms with Crippen molar-refractivity contribution in [2.45, 2.75) is 6.54 Å². The van der Waals surface area contributed by atoms with Crippen LogP contribution in [0.15, 0.2) is 85.2 Å². The number of hydrogen-bond acceptors (Lipinski definition) is 3. The van der Waals surface area contributed by atoms with E-state index in [1.54, 1.807) is 42.7 Å². The van der Waals surface area contributed by atoms with Gasteiger partial charge in [-0.2, -0.15) is 0 Å². The van der Waals surface area contributed by atoms with Crippen molar-refractivity contribution in [2.75, 3.05) is 10.6 Å². The Kier molecular flexibility index (Phi) is 5.94. The van der Waals surface area contributed by atoms with Crippen LogP contribution in [0.5, 0.6) is 0 Å². The number of carbonyl (C=O) groups excluding carboxylic acids is 2. The molecule has 1 heterocycles. The molecule has 0 bridgehead atoms. The van der Waals surface area contributed by atoms with Gasteiger partial charge in [-0.05, 0) is 54.1 Å². The predicted octanol–water partition coefficient (Wildman–Crippen LogP) is 4.48. The van der Waals surface area contributed by atoms with Crippen LogP contribution in [0.2, 0.25) is 0 Å². The molecule has 4 rings (SSSR count). The molecule has 4 N–H and O–H groups in total. The number of hydrogen-bond donors (Lipinski definition) is 3. The Morgan fingerprint density at radius 2 is 1.59 bits per heavy atom. The molecular formula is C24H20FN5O2. The van der Waals surface area contributed by atoms with Crippen molar-refractivity contribution < 1.29 is 14.0 Å². The van der Waals surface area contributed by atoms with Gasteiger partial charge in [0.25, 0.3) is 5.91 Å². The van der Waals surface area contributed by atoms with Gasteiger partial charge >= 0.3 is 6.03 Å². The normalized spacial score (nSPS) is 10.5. The summed E-state index contributed by atoms with van der Waals surface area (Å²) in [6, 6.07) is 21.3. The number of benzene rings is 3. The van der Waals surface area contributed by atoms with Crippen LogP contribution in [0.4, 0.5) is 20.7 Å². The van der Waals surface area contributed by atoms with Gasteiger partial charge in [-0.15, -0.1) is 0 Å². The topological polar surface area (TPSA) is 102 Å². The molecule has 160 valence electrons. The quantitative estimate of drug-likeness (QED) is 0.421. The molecule has 3 aromatic carbocycles. The molecule has 0 saturated heterocycles. The summed E-state index contributed by atoms with van der Waals surface area (Å²) in [4.78, 5) is 28.4. The minimum absolute atomic E-state index is 0.353. The Hall–Kier alpha value is -4.46. The first-order valence-corrected chi connectivity index (χ1v) is 9.82. The predicted molar refractivity (Wildman–Crippen MR) is 121 cm³/mol. The fourth-order valence-corrected chi connectivity index (χ4v) is 3.26. The molecule has 3 amide bonds. The highest BCUT2D eigenvalue weighted by Gasteiger charge is 2.17. The number of primary amides is 1. The zero-order valence-electron chi connectivity index (χ0n) is 17.0. The summed E-state index contributed by atoms with van der Waals surface area (Å²) in [6.45, 7) is 0.492. The summed E-state index contributed by atoms with van der Waals surface area (Å²) in [5.41, 5.74) is 8.22. The van der Waals surface area contributed by atoms with Gasteiger partial charge in [0.2, 0.25) is 0 Å². The van der Waals surface area contributed by atoms with Crippen molar-refractivity contribution in [3.05, 3.63) is 102 Å². The average Bonchev–Trinajstić information content (AvgIpc) is 3.17. The molecule has 0 unspecified atom stereocenters. The van der Waals surface area contributed by atoms with Gasteiger partial charge in [-0.1, -0.05) is 30.3 Å². The number of urea groups is 1. The molecule has 0 spiro atoms. The second-order valence-electron chi connectivity index (χ2n) is 7.08. The zero-order valence-corrected chi connectivity index (χ0v) is 17.0. The molecule has 8 heteroatoms. The number of aromatic nitrogens is 2. The number of nitrogens with one attached hydrogen (secondary N) is 2. The number of nitrogens with zero attached hydrogens (tertiary/aromatic N) is 2. The van der Waals surface area contributed by atoms with Gasteiger partial charge < -0.3 is 20.9 Å². The van der Waals surface area contributed by atoms with E-state index in [9.17, 15) is 14.0 Å². The van der Waals surface area contributed by atoms with E-state index in [0.29, 0.717) is 34.9 Å². The fraction of sp³-hybridized carbons (Fsp3) is 0.0417. The number of amides is 3. The Morgan fingerprint density at radius 3 is 2.25 bits per heavy atom. The van der Waals surface area contributed by atoms with Crippen molar-refractivity contribution in [2.24, 2.45) is 5.73 Å². The maximum absolute atomic E-state index is 13.4. The molecule has 0 atom stereocenters. The van der Waals surface area contributed by atoms with Crippen LogP contribution in [-0.4, -0.2) is 21.5 Å². The van der Waals surface area contributed by atoms with E-state index < -0.39 is 6.03 Å². The van der Waals surface area contributed by atoms with Crippen molar-refractivity contribution in [1.82, 2.24) is 9.55 Å². The van der Waals surface area contributed by atoms with Gasteiger partial charge in [-0.3, -0.25) is 4.79 Å². The van der Waals surface area contributed by atoms with Gasteiger partial charge in [0.15, 0.2) is 0 Å². The second kappa shape index (κ2) is 9.13. The highest BCUT2D eigenvalue weighted by Crippen LogP contribution is 2.28. The molecule has 0 aliphatic carbocycles. The summed E-state index contributed by atoms with van der Waals surface area (Å²) in [7, 11) is 0. The number of rotatable bonds is 6.